The number of carbonyl (C=O) groups is 2. The van der Waals surface area contributed by atoms with Crippen LogP contribution in [0.3, 0.4) is 0 Å². The Hall–Kier alpha value is -2.38. The smallest absolute Gasteiger partial charge is 0.322 e. The Morgan fingerprint density at radius 2 is 2.08 bits per heavy atom. The molecule has 0 amide bonds. The van der Waals surface area contributed by atoms with E-state index < -0.39 is 52.8 Å². The molecule has 1 aromatic rings. The SMILES string of the molecule is CCOC(=O)C(C=N[C@@H]1C[C@@H]1F)C(=O)c1ccc(F)c(OC)c1F. The first-order valence-corrected chi connectivity index (χ1v) is 7.30. The van der Waals surface area contributed by atoms with E-state index in [1.807, 2.05) is 0 Å². The van der Waals surface area contributed by atoms with Gasteiger partial charge in [-0.1, -0.05) is 0 Å². The molecule has 0 aliphatic heterocycles. The minimum Gasteiger partial charge on any atom is -0.491 e. The molecule has 1 aliphatic rings. The van der Waals surface area contributed by atoms with Crippen molar-refractivity contribution in [2.75, 3.05) is 13.7 Å². The average molecular weight is 343 g/mol. The summed E-state index contributed by atoms with van der Waals surface area (Å²) in [7, 11) is 1.05. The van der Waals surface area contributed by atoms with Gasteiger partial charge in [-0.15, -0.1) is 0 Å². The van der Waals surface area contributed by atoms with Crippen LogP contribution in [0.25, 0.3) is 0 Å². The van der Waals surface area contributed by atoms with Gasteiger partial charge in [0.15, 0.2) is 29.1 Å². The van der Waals surface area contributed by atoms with E-state index in [1.54, 1.807) is 0 Å². The topological polar surface area (TPSA) is 65.0 Å². The number of esters is 1. The fourth-order valence-corrected chi connectivity index (χ4v) is 2.05. The lowest BCUT2D eigenvalue weighted by Crippen LogP contribution is -2.28. The number of ether oxygens (including phenoxy) is 2. The number of carbonyl (C=O) groups excluding carboxylic acids is 2. The molecule has 0 N–H and O–H groups in total. The Bertz CT molecular complexity index is 678. The third kappa shape index (κ3) is 3.74. The maximum absolute atomic E-state index is 14.2. The van der Waals surface area contributed by atoms with Crippen LogP contribution in [0.2, 0.25) is 0 Å². The molecule has 5 nitrogen and oxygen atoms in total. The van der Waals surface area contributed by atoms with Gasteiger partial charge in [0.05, 0.1) is 25.3 Å². The minimum absolute atomic E-state index is 0.000832. The van der Waals surface area contributed by atoms with Crippen LogP contribution in [-0.2, 0) is 9.53 Å². The average Bonchev–Trinajstić information content (AvgIpc) is 3.23. The molecule has 0 aromatic heterocycles. The van der Waals surface area contributed by atoms with Crippen molar-refractivity contribution in [2.24, 2.45) is 10.9 Å². The Morgan fingerprint density at radius 1 is 1.42 bits per heavy atom. The zero-order chi connectivity index (χ0) is 17.9. The molecule has 0 bridgehead atoms. The molecule has 24 heavy (non-hydrogen) atoms. The summed E-state index contributed by atoms with van der Waals surface area (Å²) in [6.45, 7) is 1.54. The Labute approximate surface area is 136 Å². The quantitative estimate of drug-likeness (QED) is 0.330. The predicted molar refractivity (Wildman–Crippen MR) is 79.2 cm³/mol. The van der Waals surface area contributed by atoms with Crippen molar-refractivity contribution in [1.82, 2.24) is 0 Å². The van der Waals surface area contributed by atoms with E-state index in [2.05, 4.69) is 9.73 Å². The third-order valence-electron chi connectivity index (χ3n) is 3.45. The molecule has 1 saturated carbocycles. The number of Topliss-reactive ketones (excluding diaryl/α,β-unsaturated/α-hetero) is 1. The highest BCUT2D eigenvalue weighted by Crippen LogP contribution is 2.29. The fraction of sp³-hybridized carbons (Fsp3) is 0.438. The maximum atomic E-state index is 14.2. The monoisotopic (exact) mass is 343 g/mol. The highest BCUT2D eigenvalue weighted by atomic mass is 19.1. The Kier molecular flexibility index (Phi) is 5.58. The van der Waals surface area contributed by atoms with E-state index in [1.165, 1.54) is 6.92 Å². The molecule has 1 unspecified atom stereocenters. The molecule has 1 aliphatic carbocycles. The number of hydrogen-bond acceptors (Lipinski definition) is 5. The number of halogens is 3. The molecule has 130 valence electrons. The molecule has 0 radical (unpaired) electrons. The summed E-state index contributed by atoms with van der Waals surface area (Å²) in [5, 5.41) is 0. The second-order valence-electron chi connectivity index (χ2n) is 5.15. The molecule has 0 heterocycles. The first-order valence-electron chi connectivity index (χ1n) is 7.30. The van der Waals surface area contributed by atoms with Gasteiger partial charge in [-0.25, -0.2) is 13.2 Å². The van der Waals surface area contributed by atoms with E-state index in [-0.39, 0.29) is 13.0 Å². The highest BCUT2D eigenvalue weighted by Gasteiger charge is 2.38. The van der Waals surface area contributed by atoms with Crippen LogP contribution in [0, 0.1) is 17.6 Å². The summed E-state index contributed by atoms with van der Waals surface area (Å²) >= 11 is 0. The lowest BCUT2D eigenvalue weighted by Gasteiger charge is -2.12. The molecule has 1 fully saturated rings. The zero-order valence-corrected chi connectivity index (χ0v) is 13.1. The molecule has 2 rings (SSSR count). The predicted octanol–water partition coefficient (Wildman–Crippen LogP) is 2.52. The van der Waals surface area contributed by atoms with E-state index in [0.717, 1.165) is 25.5 Å². The van der Waals surface area contributed by atoms with Gasteiger partial charge in [-0.05, 0) is 19.1 Å². The van der Waals surface area contributed by atoms with E-state index in [4.69, 9.17) is 4.74 Å². The third-order valence-corrected chi connectivity index (χ3v) is 3.45. The van der Waals surface area contributed by atoms with Crippen LogP contribution in [0.5, 0.6) is 5.75 Å². The van der Waals surface area contributed by atoms with Crippen LogP contribution in [0.15, 0.2) is 17.1 Å². The van der Waals surface area contributed by atoms with Crippen LogP contribution < -0.4 is 4.74 Å². The van der Waals surface area contributed by atoms with E-state index >= 15 is 0 Å². The summed E-state index contributed by atoms with van der Waals surface area (Å²) in [6, 6.07) is 1.15. The number of methoxy groups -OCH3 is 1. The summed E-state index contributed by atoms with van der Waals surface area (Å²) in [5.41, 5.74) is -0.537. The highest BCUT2D eigenvalue weighted by molar-refractivity contribution is 6.18. The molecule has 8 heteroatoms. The molecular formula is C16H16F3NO4. The molecule has 1 aromatic carbocycles. The minimum atomic E-state index is -1.54. The van der Waals surface area contributed by atoms with Gasteiger partial charge in [0.1, 0.15) is 6.17 Å². The van der Waals surface area contributed by atoms with Gasteiger partial charge in [-0.2, -0.15) is 0 Å². The number of hydrogen-bond donors (Lipinski definition) is 0. The maximum Gasteiger partial charge on any atom is 0.322 e. The number of rotatable bonds is 7. The number of aliphatic imine (C=N–C) groups is 1. The van der Waals surface area contributed by atoms with E-state index in [9.17, 15) is 22.8 Å². The number of nitrogens with zero attached hydrogens (tertiary/aromatic N) is 1. The van der Waals surface area contributed by atoms with Gasteiger partial charge in [-0.3, -0.25) is 14.6 Å². The van der Waals surface area contributed by atoms with Crippen molar-refractivity contribution >= 4 is 18.0 Å². The van der Waals surface area contributed by atoms with Gasteiger partial charge >= 0.3 is 5.97 Å². The normalized spacial score (nSPS) is 20.7. The van der Waals surface area contributed by atoms with Gasteiger partial charge in [0, 0.05) is 12.6 Å². The number of ketones is 1. The van der Waals surface area contributed by atoms with Crippen molar-refractivity contribution in [3.05, 3.63) is 29.3 Å². The van der Waals surface area contributed by atoms with Crippen molar-refractivity contribution in [3.8, 4) is 5.75 Å². The summed E-state index contributed by atoms with van der Waals surface area (Å²) in [5.74, 6) is -6.38. The van der Waals surface area contributed by atoms with Crippen molar-refractivity contribution < 1.29 is 32.2 Å². The zero-order valence-electron chi connectivity index (χ0n) is 13.1. The lowest BCUT2D eigenvalue weighted by molar-refractivity contribution is -0.143. The van der Waals surface area contributed by atoms with Crippen molar-refractivity contribution in [1.29, 1.82) is 0 Å². The van der Waals surface area contributed by atoms with Crippen LogP contribution in [0.4, 0.5) is 13.2 Å². The van der Waals surface area contributed by atoms with Crippen molar-refractivity contribution in [3.63, 3.8) is 0 Å². The number of alkyl halides is 1. The largest absolute Gasteiger partial charge is 0.491 e. The second kappa shape index (κ2) is 7.46. The first-order chi connectivity index (χ1) is 11.4. The van der Waals surface area contributed by atoms with E-state index in [0.29, 0.717) is 0 Å². The molecule has 0 saturated heterocycles. The molecule has 0 spiro atoms. The summed E-state index contributed by atoms with van der Waals surface area (Å²) in [6.07, 6.45) is 0.0561. The summed E-state index contributed by atoms with van der Waals surface area (Å²) in [4.78, 5) is 28.2. The van der Waals surface area contributed by atoms with Gasteiger partial charge < -0.3 is 9.47 Å². The fourth-order valence-electron chi connectivity index (χ4n) is 2.05. The van der Waals surface area contributed by atoms with Gasteiger partial charge in [0.25, 0.3) is 0 Å². The molecule has 3 atom stereocenters. The van der Waals surface area contributed by atoms with Crippen LogP contribution >= 0.6 is 0 Å². The Morgan fingerprint density at radius 3 is 2.62 bits per heavy atom. The molecular weight excluding hydrogens is 327 g/mol. The lowest BCUT2D eigenvalue weighted by atomic mass is 9.97. The standard InChI is InChI=1S/C16H16F3NO4/c1-3-24-16(22)9(7-20-12-6-11(12)18)14(21)8-4-5-10(17)15(23-2)13(8)19/h4-5,7,9,11-12H,3,6H2,1-2H3/t9?,11-,12+/m0/s1. The van der Waals surface area contributed by atoms with Gasteiger partial charge in [0.2, 0.25) is 0 Å². The van der Waals surface area contributed by atoms with Crippen LogP contribution in [-0.4, -0.2) is 43.9 Å². The first kappa shape index (κ1) is 18.0. The summed E-state index contributed by atoms with van der Waals surface area (Å²) < 4.78 is 49.9. The van der Waals surface area contributed by atoms with Crippen molar-refractivity contribution in [2.45, 2.75) is 25.6 Å². The number of benzene rings is 1. The second-order valence-corrected chi connectivity index (χ2v) is 5.15. The van der Waals surface area contributed by atoms with Crippen LogP contribution in [0.1, 0.15) is 23.7 Å². The Balaban J connectivity index is 2.33.